The second-order valence-corrected chi connectivity index (χ2v) is 5.16. The van der Waals surface area contributed by atoms with Crippen molar-refractivity contribution in [3.63, 3.8) is 0 Å². The second-order valence-electron chi connectivity index (χ2n) is 4.80. The molecule has 3 nitrogen and oxygen atoms in total. The van der Waals surface area contributed by atoms with Crippen molar-refractivity contribution < 1.29 is 4.39 Å². The number of rotatable bonds is 2. The van der Waals surface area contributed by atoms with E-state index >= 15 is 0 Å². The molecule has 100 valence electrons. The molecule has 3 rings (SSSR count). The zero-order valence-corrected chi connectivity index (χ0v) is 11.3. The minimum atomic E-state index is -0.246. The third-order valence-electron chi connectivity index (χ3n) is 3.41. The van der Waals surface area contributed by atoms with Crippen molar-refractivity contribution in [3.05, 3.63) is 40.8 Å². The van der Waals surface area contributed by atoms with Gasteiger partial charge < -0.3 is 5.32 Å². The molecule has 1 aliphatic rings. The van der Waals surface area contributed by atoms with E-state index in [0.29, 0.717) is 5.15 Å². The van der Waals surface area contributed by atoms with Crippen LogP contribution >= 0.6 is 11.6 Å². The van der Waals surface area contributed by atoms with Gasteiger partial charge in [-0.2, -0.15) is 0 Å². The summed E-state index contributed by atoms with van der Waals surface area (Å²) >= 11 is 6.22. The fourth-order valence-electron chi connectivity index (χ4n) is 2.39. The van der Waals surface area contributed by atoms with E-state index in [1.807, 2.05) is 6.07 Å². The molecule has 0 bridgehead atoms. The van der Waals surface area contributed by atoms with Gasteiger partial charge in [0.1, 0.15) is 11.0 Å². The van der Waals surface area contributed by atoms with E-state index in [1.54, 1.807) is 6.07 Å². The van der Waals surface area contributed by atoms with Gasteiger partial charge in [0, 0.05) is 43.7 Å². The number of benzene rings is 1. The van der Waals surface area contributed by atoms with Crippen LogP contribution in [0, 0.1) is 5.82 Å². The summed E-state index contributed by atoms with van der Waals surface area (Å²) in [6.07, 6.45) is 0. The highest BCUT2D eigenvalue weighted by Crippen LogP contribution is 2.22. The molecular formula is C14H15ClFN3. The number of fused-ring (bicyclic) bond motifs is 1. The number of hydrogen-bond acceptors (Lipinski definition) is 3. The molecule has 19 heavy (non-hydrogen) atoms. The van der Waals surface area contributed by atoms with Gasteiger partial charge in [-0.1, -0.05) is 11.6 Å². The average molecular weight is 280 g/mol. The zero-order valence-electron chi connectivity index (χ0n) is 10.5. The van der Waals surface area contributed by atoms with E-state index in [1.165, 1.54) is 12.1 Å². The largest absolute Gasteiger partial charge is 0.314 e. The fourth-order valence-corrected chi connectivity index (χ4v) is 2.59. The predicted octanol–water partition coefficient (Wildman–Crippen LogP) is 2.43. The van der Waals surface area contributed by atoms with Crippen LogP contribution in [0.2, 0.25) is 5.15 Å². The Balaban J connectivity index is 1.91. The van der Waals surface area contributed by atoms with Gasteiger partial charge in [-0.05, 0) is 24.3 Å². The monoisotopic (exact) mass is 279 g/mol. The van der Waals surface area contributed by atoms with Gasteiger partial charge in [0.15, 0.2) is 0 Å². The Labute approximate surface area is 116 Å². The molecule has 1 fully saturated rings. The summed E-state index contributed by atoms with van der Waals surface area (Å²) < 4.78 is 13.2. The lowest BCUT2D eigenvalue weighted by Gasteiger charge is -2.27. The van der Waals surface area contributed by atoms with E-state index in [4.69, 9.17) is 11.6 Å². The highest BCUT2D eigenvalue weighted by atomic mass is 35.5. The average Bonchev–Trinajstić information content (AvgIpc) is 2.41. The Morgan fingerprint density at radius 3 is 2.84 bits per heavy atom. The Morgan fingerprint density at radius 2 is 2.05 bits per heavy atom. The van der Waals surface area contributed by atoms with E-state index in [-0.39, 0.29) is 5.82 Å². The number of hydrogen-bond donors (Lipinski definition) is 1. The maximum Gasteiger partial charge on any atom is 0.134 e. The lowest BCUT2D eigenvalue weighted by atomic mass is 10.1. The Hall–Kier alpha value is -1.23. The SMILES string of the molecule is Fc1ccc2nc(Cl)c(CN3CCNCC3)cc2c1. The van der Waals surface area contributed by atoms with Crippen LogP contribution < -0.4 is 5.32 Å². The molecule has 1 aromatic carbocycles. The summed E-state index contributed by atoms with van der Waals surface area (Å²) in [6.45, 7) is 4.75. The molecule has 1 saturated heterocycles. The predicted molar refractivity (Wildman–Crippen MR) is 74.9 cm³/mol. The number of nitrogens with one attached hydrogen (secondary N) is 1. The summed E-state index contributed by atoms with van der Waals surface area (Å²) in [4.78, 5) is 6.66. The molecule has 2 heterocycles. The summed E-state index contributed by atoms with van der Waals surface area (Å²) in [5.41, 5.74) is 1.69. The van der Waals surface area contributed by atoms with Crippen LogP contribution in [0.15, 0.2) is 24.3 Å². The molecule has 0 atom stereocenters. The lowest BCUT2D eigenvalue weighted by Crippen LogP contribution is -2.42. The number of halogens is 2. The molecule has 0 amide bonds. The first kappa shape index (κ1) is 12.8. The van der Waals surface area contributed by atoms with Crippen molar-refractivity contribution in [2.45, 2.75) is 6.54 Å². The van der Waals surface area contributed by atoms with Crippen molar-refractivity contribution in [1.82, 2.24) is 15.2 Å². The van der Waals surface area contributed by atoms with Gasteiger partial charge >= 0.3 is 0 Å². The fraction of sp³-hybridized carbons (Fsp3) is 0.357. The standard InChI is InChI=1S/C14H15ClFN3/c15-14-11(9-19-5-3-17-4-6-19)7-10-8-12(16)1-2-13(10)18-14/h1-2,7-8,17H,3-6,9H2. The highest BCUT2D eigenvalue weighted by molar-refractivity contribution is 6.30. The number of aromatic nitrogens is 1. The molecule has 5 heteroatoms. The van der Waals surface area contributed by atoms with Crippen molar-refractivity contribution in [2.75, 3.05) is 26.2 Å². The zero-order chi connectivity index (χ0) is 13.2. The minimum absolute atomic E-state index is 0.246. The Bertz CT molecular complexity index is 597. The Kier molecular flexibility index (Phi) is 3.64. The van der Waals surface area contributed by atoms with Gasteiger partial charge in [0.25, 0.3) is 0 Å². The van der Waals surface area contributed by atoms with Gasteiger partial charge in [0.2, 0.25) is 0 Å². The molecule has 0 radical (unpaired) electrons. The van der Waals surface area contributed by atoms with Crippen LogP contribution in [-0.4, -0.2) is 36.1 Å². The van der Waals surface area contributed by atoms with Crippen molar-refractivity contribution in [2.24, 2.45) is 0 Å². The smallest absolute Gasteiger partial charge is 0.134 e. The number of pyridine rings is 1. The van der Waals surface area contributed by atoms with Gasteiger partial charge in [-0.25, -0.2) is 9.37 Å². The van der Waals surface area contributed by atoms with Gasteiger partial charge in [0.05, 0.1) is 5.52 Å². The topological polar surface area (TPSA) is 28.2 Å². The first-order chi connectivity index (χ1) is 9.22. The molecule has 1 aromatic heterocycles. The van der Waals surface area contributed by atoms with Crippen molar-refractivity contribution >= 4 is 22.5 Å². The minimum Gasteiger partial charge on any atom is -0.314 e. The summed E-state index contributed by atoms with van der Waals surface area (Å²) in [5, 5.41) is 4.62. The van der Waals surface area contributed by atoms with Crippen LogP contribution in [0.1, 0.15) is 5.56 Å². The van der Waals surface area contributed by atoms with Crippen molar-refractivity contribution in [1.29, 1.82) is 0 Å². The van der Waals surface area contributed by atoms with E-state index in [9.17, 15) is 4.39 Å². The second kappa shape index (κ2) is 5.41. The quantitative estimate of drug-likeness (QED) is 0.856. The third kappa shape index (κ3) is 2.86. The molecule has 0 unspecified atom stereocenters. The summed E-state index contributed by atoms with van der Waals surface area (Å²) in [6, 6.07) is 6.50. The lowest BCUT2D eigenvalue weighted by molar-refractivity contribution is 0.233. The molecule has 0 saturated carbocycles. The first-order valence-electron chi connectivity index (χ1n) is 6.40. The van der Waals surface area contributed by atoms with E-state index < -0.39 is 0 Å². The summed E-state index contributed by atoms with van der Waals surface area (Å²) in [7, 11) is 0. The van der Waals surface area contributed by atoms with Crippen LogP contribution in [0.3, 0.4) is 0 Å². The normalized spacial score (nSPS) is 16.9. The van der Waals surface area contributed by atoms with E-state index in [2.05, 4.69) is 15.2 Å². The number of nitrogens with zero attached hydrogens (tertiary/aromatic N) is 2. The van der Waals surface area contributed by atoms with Gasteiger partial charge in [-0.3, -0.25) is 4.90 Å². The molecule has 1 N–H and O–H groups in total. The molecule has 0 aliphatic carbocycles. The van der Waals surface area contributed by atoms with Crippen molar-refractivity contribution in [3.8, 4) is 0 Å². The van der Waals surface area contributed by atoms with Crippen LogP contribution in [0.5, 0.6) is 0 Å². The molecule has 0 spiro atoms. The van der Waals surface area contributed by atoms with Crippen LogP contribution in [-0.2, 0) is 6.54 Å². The maximum atomic E-state index is 13.2. The molecule has 1 aliphatic heterocycles. The van der Waals surface area contributed by atoms with Crippen LogP contribution in [0.25, 0.3) is 10.9 Å². The Morgan fingerprint density at radius 1 is 1.26 bits per heavy atom. The third-order valence-corrected chi connectivity index (χ3v) is 3.73. The van der Waals surface area contributed by atoms with E-state index in [0.717, 1.165) is 49.2 Å². The first-order valence-corrected chi connectivity index (χ1v) is 6.78. The van der Waals surface area contributed by atoms with Gasteiger partial charge in [-0.15, -0.1) is 0 Å². The molecule has 2 aromatic rings. The maximum absolute atomic E-state index is 13.2. The highest BCUT2D eigenvalue weighted by Gasteiger charge is 2.13. The molecular weight excluding hydrogens is 265 g/mol. The van der Waals surface area contributed by atoms with Crippen LogP contribution in [0.4, 0.5) is 4.39 Å². The number of piperazine rings is 1. The summed E-state index contributed by atoms with van der Waals surface area (Å²) in [5.74, 6) is -0.246.